The predicted octanol–water partition coefficient (Wildman–Crippen LogP) is 2.31. The number of aliphatic hydroxyl groups is 6. The number of fused-ring (bicyclic) bond motifs is 5. The Labute approximate surface area is 382 Å². The van der Waals surface area contributed by atoms with E-state index in [0.29, 0.717) is 18.4 Å². The lowest BCUT2D eigenvalue weighted by atomic mass is 9.43. The van der Waals surface area contributed by atoms with Gasteiger partial charge in [0.1, 0.15) is 24.9 Å². The van der Waals surface area contributed by atoms with E-state index in [1.165, 1.54) is 0 Å². The van der Waals surface area contributed by atoms with E-state index in [9.17, 15) is 35.4 Å². The molecule has 9 aliphatic rings. The molecular formula is C48H77NO16. The van der Waals surface area contributed by atoms with Gasteiger partial charge >= 0.3 is 5.97 Å². The van der Waals surface area contributed by atoms with Crippen LogP contribution in [-0.2, 0) is 47.4 Å². The Hall–Kier alpha value is -1.39. The second-order valence-corrected chi connectivity index (χ2v) is 22.0. The fourth-order valence-corrected chi connectivity index (χ4v) is 14.6. The molecule has 9 rings (SSSR count). The molecule has 4 saturated carbocycles. The Morgan fingerprint density at radius 3 is 1.83 bits per heavy atom. The molecule has 0 radical (unpaired) electrons. The van der Waals surface area contributed by atoms with Crippen LogP contribution in [0.3, 0.4) is 0 Å². The van der Waals surface area contributed by atoms with E-state index in [4.69, 9.17) is 48.4 Å². The highest BCUT2D eigenvalue weighted by Crippen LogP contribution is 2.70. The maximum atomic E-state index is 12.6. The van der Waals surface area contributed by atoms with Crippen LogP contribution in [0.2, 0.25) is 0 Å². The van der Waals surface area contributed by atoms with Gasteiger partial charge in [-0.3, -0.25) is 0 Å². The molecule has 25 atom stereocenters. The fraction of sp³-hybridized carbons (Fsp3) is 0.938. The third-order valence-electron chi connectivity index (χ3n) is 18.4. The number of cyclic esters (lactones) is 1. The molecule has 8 N–H and O–H groups in total. The third kappa shape index (κ3) is 8.81. The topological polar surface area (TPSA) is 248 Å². The van der Waals surface area contributed by atoms with Crippen LogP contribution >= 0.6 is 0 Å². The van der Waals surface area contributed by atoms with Crippen molar-refractivity contribution in [3.8, 4) is 0 Å². The van der Waals surface area contributed by atoms with Gasteiger partial charge in [-0.15, -0.1) is 0 Å². The molecule has 0 aromatic rings. The first-order valence-electron chi connectivity index (χ1n) is 24.8. The Balaban J connectivity index is 0.732. The average molecular weight is 924 g/mol. The molecule has 8 fully saturated rings. The van der Waals surface area contributed by atoms with Crippen LogP contribution in [0, 0.1) is 40.4 Å². The molecule has 17 heteroatoms. The number of esters is 1. The average Bonchev–Trinajstić information content (AvgIpc) is 3.80. The Bertz CT molecular complexity index is 1690. The number of carbonyl (C=O) groups is 1. The molecule has 65 heavy (non-hydrogen) atoms. The van der Waals surface area contributed by atoms with E-state index in [0.717, 1.165) is 63.4 Å². The van der Waals surface area contributed by atoms with Gasteiger partial charge in [0.05, 0.1) is 79.1 Å². The Morgan fingerprint density at radius 2 is 1.28 bits per heavy atom. The zero-order valence-electron chi connectivity index (χ0n) is 39.0. The summed E-state index contributed by atoms with van der Waals surface area (Å²) in [6.07, 6.45) is -1.48. The molecule has 4 aliphatic carbocycles. The minimum atomic E-state index is -1.05. The molecule has 25 unspecified atom stereocenters. The molecule has 5 heterocycles. The van der Waals surface area contributed by atoms with Crippen molar-refractivity contribution in [1.82, 2.24) is 0 Å². The summed E-state index contributed by atoms with van der Waals surface area (Å²) < 4.78 is 55.0. The van der Waals surface area contributed by atoms with Crippen molar-refractivity contribution in [3.63, 3.8) is 0 Å². The normalized spacial score (nSPS) is 54.8. The summed E-state index contributed by atoms with van der Waals surface area (Å²) in [5.41, 5.74) is 6.17. The second-order valence-electron chi connectivity index (χ2n) is 22.0. The lowest BCUT2D eigenvalue weighted by Crippen LogP contribution is -2.62. The van der Waals surface area contributed by atoms with Crippen molar-refractivity contribution >= 4 is 5.97 Å². The largest absolute Gasteiger partial charge is 0.458 e. The fourth-order valence-electron chi connectivity index (χ4n) is 14.6. The molecule has 0 aromatic heterocycles. The smallest absolute Gasteiger partial charge is 0.331 e. The lowest BCUT2D eigenvalue weighted by Gasteiger charge is -2.64. The number of carbonyl (C=O) groups excluding carboxylic acids is 1. The molecule has 0 bridgehead atoms. The summed E-state index contributed by atoms with van der Waals surface area (Å²) in [6, 6.07) is -0.695. The van der Waals surface area contributed by atoms with E-state index in [1.807, 2.05) is 6.92 Å². The van der Waals surface area contributed by atoms with Gasteiger partial charge in [-0.25, -0.2) is 4.79 Å². The van der Waals surface area contributed by atoms with Crippen molar-refractivity contribution in [2.45, 2.75) is 229 Å². The number of hydrogen-bond donors (Lipinski definition) is 7. The maximum absolute atomic E-state index is 12.6. The molecule has 5 aliphatic heterocycles. The van der Waals surface area contributed by atoms with Gasteiger partial charge in [0.2, 0.25) is 0 Å². The molecule has 0 amide bonds. The highest BCUT2D eigenvalue weighted by molar-refractivity contribution is 5.85. The van der Waals surface area contributed by atoms with Gasteiger partial charge in [-0.05, 0) is 120 Å². The van der Waals surface area contributed by atoms with Gasteiger partial charge in [0.15, 0.2) is 25.2 Å². The van der Waals surface area contributed by atoms with Crippen molar-refractivity contribution in [2.75, 3.05) is 13.2 Å². The third-order valence-corrected chi connectivity index (χ3v) is 18.4. The molecule has 17 nitrogen and oxygen atoms in total. The molecule has 0 spiro atoms. The summed E-state index contributed by atoms with van der Waals surface area (Å²) in [5, 5.41) is 67.0. The van der Waals surface area contributed by atoms with Gasteiger partial charge in [-0.2, -0.15) is 0 Å². The number of aliphatic hydroxyl groups excluding tert-OH is 5. The van der Waals surface area contributed by atoms with Crippen LogP contribution < -0.4 is 5.73 Å². The first-order chi connectivity index (χ1) is 30.8. The van der Waals surface area contributed by atoms with Gasteiger partial charge in [0, 0.05) is 30.8 Å². The van der Waals surface area contributed by atoms with Crippen LogP contribution in [0.1, 0.15) is 119 Å². The van der Waals surface area contributed by atoms with Crippen LogP contribution in [0.5, 0.6) is 0 Å². The molecule has 370 valence electrons. The van der Waals surface area contributed by atoms with E-state index >= 15 is 0 Å². The number of ether oxygens (including phenoxy) is 9. The number of rotatable bonds is 10. The monoisotopic (exact) mass is 924 g/mol. The maximum Gasteiger partial charge on any atom is 0.331 e. The van der Waals surface area contributed by atoms with Crippen molar-refractivity contribution in [2.24, 2.45) is 46.2 Å². The zero-order chi connectivity index (χ0) is 46.3. The minimum Gasteiger partial charge on any atom is -0.458 e. The second kappa shape index (κ2) is 18.7. The van der Waals surface area contributed by atoms with Crippen molar-refractivity contribution < 1.29 is 78.1 Å². The first-order valence-corrected chi connectivity index (χ1v) is 24.8. The number of hydrogen-bond acceptors (Lipinski definition) is 17. The Morgan fingerprint density at radius 1 is 0.692 bits per heavy atom. The van der Waals surface area contributed by atoms with Crippen LogP contribution in [0.25, 0.3) is 0 Å². The predicted molar refractivity (Wildman–Crippen MR) is 229 cm³/mol. The summed E-state index contributed by atoms with van der Waals surface area (Å²) in [6.45, 7) is 11.7. The quantitative estimate of drug-likeness (QED) is 0.123. The molecular weight excluding hydrogens is 847 g/mol. The van der Waals surface area contributed by atoms with Crippen molar-refractivity contribution in [1.29, 1.82) is 0 Å². The molecule has 4 saturated heterocycles. The summed E-state index contributed by atoms with van der Waals surface area (Å²) in [5.74, 6) is 0.252. The lowest BCUT2D eigenvalue weighted by molar-refractivity contribution is -0.347. The Kier molecular flexibility index (Phi) is 14.0. The standard InChI is InChI=1S/C48H77NO16/c1-22-40(49)41(55)29(20-50)45(61-22)65-44-25(4)60-39(19-35(44)53)64-43-24(3)59-38(18-34(43)52)63-42-23(2)58-37(17-33(42)51)62-28-9-12-46(5)27(16-28)7-8-32-31(46)10-13-47(6)30(11-14-48(32,47)56)26-15-36(54)57-21-26/h15,22-25,27-35,37-45,50-53,55-56H,7-14,16-21,49H2,1-6H3. The summed E-state index contributed by atoms with van der Waals surface area (Å²) in [7, 11) is 0. The highest BCUT2D eigenvalue weighted by Gasteiger charge is 2.68. The van der Waals surface area contributed by atoms with E-state index < -0.39 is 116 Å². The van der Waals surface area contributed by atoms with E-state index in [1.54, 1.807) is 26.8 Å². The van der Waals surface area contributed by atoms with Gasteiger partial charge in [0.25, 0.3) is 0 Å². The molecule has 0 aromatic carbocycles. The van der Waals surface area contributed by atoms with Crippen molar-refractivity contribution in [3.05, 3.63) is 11.6 Å². The summed E-state index contributed by atoms with van der Waals surface area (Å²) >= 11 is 0. The van der Waals surface area contributed by atoms with Crippen LogP contribution in [0.4, 0.5) is 0 Å². The van der Waals surface area contributed by atoms with E-state index in [2.05, 4.69) is 13.8 Å². The zero-order valence-corrected chi connectivity index (χ0v) is 39.0. The summed E-state index contributed by atoms with van der Waals surface area (Å²) in [4.78, 5) is 12.0. The van der Waals surface area contributed by atoms with Crippen LogP contribution in [0.15, 0.2) is 11.6 Å². The van der Waals surface area contributed by atoms with Crippen LogP contribution in [-0.4, -0.2) is 160 Å². The SMILES string of the molecule is CC1OC(OC2C(O)CC(OC3C(O)CC(OC4C(O)CC(OC5CCC6(C)C(CCC7C6CCC6(C)C(C8=CC(=O)OC8)CCC76O)C5)OC4C)OC3C)OC2C)C(CO)C(O)C1N. The van der Waals surface area contributed by atoms with E-state index in [-0.39, 0.29) is 54.0 Å². The minimum absolute atomic E-state index is 0.00164. The number of nitrogens with two attached hydrogens (primary N) is 1. The first kappa shape index (κ1) is 48.6. The highest BCUT2D eigenvalue weighted by atomic mass is 16.8. The van der Waals surface area contributed by atoms with Gasteiger partial charge < -0.3 is 79.0 Å². The van der Waals surface area contributed by atoms with Gasteiger partial charge in [-0.1, -0.05) is 13.8 Å².